The van der Waals surface area contributed by atoms with Gasteiger partial charge in [0.1, 0.15) is 16.5 Å². The molecule has 2 aromatic carbocycles. The molecular formula is C21H15F3N4O2S. The number of ether oxygens (including phenoxy) is 1. The molecule has 10 heteroatoms. The van der Waals surface area contributed by atoms with Crippen LogP contribution >= 0.6 is 11.3 Å². The normalized spacial score (nSPS) is 11.3. The Labute approximate surface area is 178 Å². The molecule has 6 nitrogen and oxygen atoms in total. The predicted octanol–water partition coefficient (Wildman–Crippen LogP) is 5.19. The highest BCUT2D eigenvalue weighted by Crippen LogP contribution is 2.28. The fourth-order valence-corrected chi connectivity index (χ4v) is 3.48. The lowest BCUT2D eigenvalue weighted by molar-refractivity contribution is -0.153. The Morgan fingerprint density at radius 1 is 1.10 bits per heavy atom. The number of rotatable bonds is 6. The molecule has 0 aliphatic carbocycles. The molecular weight excluding hydrogens is 429 g/mol. The van der Waals surface area contributed by atoms with Crippen molar-refractivity contribution in [2.24, 2.45) is 0 Å². The van der Waals surface area contributed by atoms with Crippen molar-refractivity contribution in [3.05, 3.63) is 78.1 Å². The molecule has 0 atom stereocenters. The van der Waals surface area contributed by atoms with E-state index >= 15 is 0 Å². The van der Waals surface area contributed by atoms with Crippen LogP contribution in [0.25, 0.3) is 16.3 Å². The molecule has 0 saturated heterocycles. The van der Waals surface area contributed by atoms with E-state index in [-0.39, 0.29) is 17.1 Å². The second kappa shape index (κ2) is 8.60. The van der Waals surface area contributed by atoms with Gasteiger partial charge in [0.2, 0.25) is 0 Å². The first-order chi connectivity index (χ1) is 14.9. The average molecular weight is 444 g/mol. The Morgan fingerprint density at radius 2 is 1.84 bits per heavy atom. The molecule has 0 aliphatic rings. The summed E-state index contributed by atoms with van der Waals surface area (Å²) in [4.78, 5) is 16.9. The Bertz CT molecular complexity index is 1190. The molecule has 4 aromatic rings. The molecule has 158 valence electrons. The molecule has 0 fully saturated rings. The number of nitrogens with one attached hydrogen (secondary N) is 1. The van der Waals surface area contributed by atoms with Crippen molar-refractivity contribution in [2.45, 2.75) is 6.18 Å². The number of hydrogen-bond acceptors (Lipinski definition) is 5. The molecule has 0 saturated carbocycles. The number of nitrogens with zero attached hydrogens (tertiary/aromatic N) is 3. The number of thiazole rings is 1. The number of para-hydroxylation sites is 3. The maximum absolute atomic E-state index is 12.6. The van der Waals surface area contributed by atoms with E-state index < -0.39 is 18.7 Å². The van der Waals surface area contributed by atoms with Crippen molar-refractivity contribution < 1.29 is 22.7 Å². The molecule has 0 spiro atoms. The molecule has 2 aromatic heterocycles. The van der Waals surface area contributed by atoms with Gasteiger partial charge in [-0.1, -0.05) is 30.3 Å². The standard InChI is InChI=1S/C21H15F3N4O2S/c22-21(23,24)13-30-18-9-5-4-8-16(18)26-19(29)17-12-31-20(27-17)14-10-25-28(11-14)15-6-2-1-3-7-15/h1-12H,13H2,(H,26,29). The first-order valence-electron chi connectivity index (χ1n) is 9.05. The third-order valence-corrected chi connectivity index (χ3v) is 5.01. The smallest absolute Gasteiger partial charge is 0.422 e. The van der Waals surface area contributed by atoms with Gasteiger partial charge < -0.3 is 10.1 Å². The second-order valence-electron chi connectivity index (χ2n) is 6.40. The van der Waals surface area contributed by atoms with Crippen molar-refractivity contribution >= 4 is 22.9 Å². The molecule has 0 bridgehead atoms. The predicted molar refractivity (Wildman–Crippen MR) is 111 cm³/mol. The van der Waals surface area contributed by atoms with Crippen molar-refractivity contribution in [2.75, 3.05) is 11.9 Å². The van der Waals surface area contributed by atoms with Gasteiger partial charge in [-0.05, 0) is 24.3 Å². The molecule has 0 aliphatic heterocycles. The van der Waals surface area contributed by atoms with Gasteiger partial charge in [0, 0.05) is 17.1 Å². The van der Waals surface area contributed by atoms with Gasteiger partial charge in [-0.3, -0.25) is 4.79 Å². The van der Waals surface area contributed by atoms with E-state index in [1.807, 2.05) is 30.3 Å². The van der Waals surface area contributed by atoms with Crippen LogP contribution in [0.4, 0.5) is 18.9 Å². The van der Waals surface area contributed by atoms with E-state index in [0.717, 1.165) is 11.3 Å². The van der Waals surface area contributed by atoms with Crippen LogP contribution in [-0.2, 0) is 0 Å². The zero-order valence-corrected chi connectivity index (χ0v) is 16.7. The fourth-order valence-electron chi connectivity index (χ4n) is 2.71. The number of carbonyl (C=O) groups is 1. The molecule has 2 heterocycles. The number of benzene rings is 2. The molecule has 0 unspecified atom stereocenters. The lowest BCUT2D eigenvalue weighted by Crippen LogP contribution is -2.20. The van der Waals surface area contributed by atoms with Gasteiger partial charge in [-0.2, -0.15) is 18.3 Å². The van der Waals surface area contributed by atoms with Crippen LogP contribution in [0.15, 0.2) is 72.4 Å². The molecule has 31 heavy (non-hydrogen) atoms. The van der Waals surface area contributed by atoms with Crippen LogP contribution in [0.1, 0.15) is 10.5 Å². The summed E-state index contributed by atoms with van der Waals surface area (Å²) in [5.74, 6) is -0.631. The van der Waals surface area contributed by atoms with Gasteiger partial charge >= 0.3 is 6.18 Å². The Hall–Kier alpha value is -3.66. The number of halogens is 3. The number of anilines is 1. The number of carbonyl (C=O) groups excluding carboxylic acids is 1. The fraction of sp³-hybridized carbons (Fsp3) is 0.0952. The number of amides is 1. The number of alkyl halides is 3. The van der Waals surface area contributed by atoms with Crippen molar-refractivity contribution in [1.82, 2.24) is 14.8 Å². The Kier molecular flexibility index (Phi) is 5.72. The summed E-state index contributed by atoms with van der Waals surface area (Å²) in [7, 11) is 0. The van der Waals surface area contributed by atoms with Crippen LogP contribution < -0.4 is 10.1 Å². The minimum absolute atomic E-state index is 0.0761. The van der Waals surface area contributed by atoms with Crippen molar-refractivity contribution in [1.29, 1.82) is 0 Å². The quantitative estimate of drug-likeness (QED) is 0.445. The summed E-state index contributed by atoms with van der Waals surface area (Å²) in [6.07, 6.45) is -1.03. The van der Waals surface area contributed by atoms with Crippen LogP contribution in [0.3, 0.4) is 0 Å². The van der Waals surface area contributed by atoms with Gasteiger partial charge in [0.05, 0.1) is 17.6 Å². The van der Waals surface area contributed by atoms with E-state index in [9.17, 15) is 18.0 Å². The van der Waals surface area contributed by atoms with Crippen molar-refractivity contribution in [3.63, 3.8) is 0 Å². The topological polar surface area (TPSA) is 69.0 Å². The van der Waals surface area contributed by atoms with Gasteiger partial charge in [0.15, 0.2) is 6.61 Å². The number of aromatic nitrogens is 3. The first kappa shape index (κ1) is 20.6. The van der Waals surface area contributed by atoms with Gasteiger partial charge in [-0.25, -0.2) is 9.67 Å². The summed E-state index contributed by atoms with van der Waals surface area (Å²) in [6, 6.07) is 15.5. The van der Waals surface area contributed by atoms with Crippen LogP contribution in [0, 0.1) is 0 Å². The van der Waals surface area contributed by atoms with E-state index in [1.54, 1.807) is 28.5 Å². The van der Waals surface area contributed by atoms with Crippen LogP contribution in [-0.4, -0.2) is 33.5 Å². The van der Waals surface area contributed by atoms with Crippen LogP contribution in [0.5, 0.6) is 5.75 Å². The molecule has 1 amide bonds. The summed E-state index contributed by atoms with van der Waals surface area (Å²) in [5.41, 5.74) is 1.89. The highest BCUT2D eigenvalue weighted by Gasteiger charge is 2.29. The number of hydrogen-bond donors (Lipinski definition) is 1. The largest absolute Gasteiger partial charge is 0.482 e. The Morgan fingerprint density at radius 3 is 2.61 bits per heavy atom. The van der Waals surface area contributed by atoms with Crippen LogP contribution in [0.2, 0.25) is 0 Å². The first-order valence-corrected chi connectivity index (χ1v) is 9.93. The zero-order chi connectivity index (χ0) is 21.8. The summed E-state index contributed by atoms with van der Waals surface area (Å²) < 4.78 is 43.8. The minimum atomic E-state index is -4.48. The van der Waals surface area contributed by atoms with E-state index in [2.05, 4.69) is 15.4 Å². The summed E-state index contributed by atoms with van der Waals surface area (Å²) in [5, 5.41) is 9.03. The molecule has 4 rings (SSSR count). The monoisotopic (exact) mass is 444 g/mol. The molecule has 1 N–H and O–H groups in total. The van der Waals surface area contributed by atoms with E-state index in [1.165, 1.54) is 29.5 Å². The summed E-state index contributed by atoms with van der Waals surface area (Å²) >= 11 is 1.26. The Balaban J connectivity index is 1.48. The SMILES string of the molecule is O=C(Nc1ccccc1OCC(F)(F)F)c1csc(-c2cnn(-c3ccccc3)c2)n1. The van der Waals surface area contributed by atoms with Gasteiger partial charge in [-0.15, -0.1) is 11.3 Å². The zero-order valence-electron chi connectivity index (χ0n) is 15.8. The minimum Gasteiger partial charge on any atom is -0.482 e. The second-order valence-corrected chi connectivity index (χ2v) is 7.26. The average Bonchev–Trinajstić information content (AvgIpc) is 3.43. The van der Waals surface area contributed by atoms with Gasteiger partial charge in [0.25, 0.3) is 5.91 Å². The third kappa shape index (κ3) is 5.10. The lowest BCUT2D eigenvalue weighted by atomic mass is 10.3. The van der Waals surface area contributed by atoms with Crippen molar-refractivity contribution in [3.8, 4) is 22.0 Å². The highest BCUT2D eigenvalue weighted by molar-refractivity contribution is 7.13. The maximum atomic E-state index is 12.6. The van der Waals surface area contributed by atoms with E-state index in [4.69, 9.17) is 4.74 Å². The molecule has 0 radical (unpaired) electrons. The lowest BCUT2D eigenvalue weighted by Gasteiger charge is -2.13. The third-order valence-electron chi connectivity index (χ3n) is 4.11. The maximum Gasteiger partial charge on any atom is 0.422 e. The van der Waals surface area contributed by atoms with E-state index in [0.29, 0.717) is 5.01 Å². The highest BCUT2D eigenvalue weighted by atomic mass is 32.1. The summed E-state index contributed by atoms with van der Waals surface area (Å²) in [6.45, 7) is -1.45.